The van der Waals surface area contributed by atoms with Gasteiger partial charge in [0.05, 0.1) is 6.10 Å². The minimum atomic E-state index is 0.239. The number of rotatable bonds is 4. The van der Waals surface area contributed by atoms with Gasteiger partial charge >= 0.3 is 0 Å². The van der Waals surface area contributed by atoms with Crippen LogP contribution >= 0.6 is 0 Å². The average molecular weight is 129 g/mol. The van der Waals surface area contributed by atoms with E-state index in [0.29, 0.717) is 5.92 Å². The molecule has 9 heavy (non-hydrogen) atoms. The molecule has 0 aromatic carbocycles. The van der Waals surface area contributed by atoms with E-state index in [1.165, 1.54) is 6.20 Å². The molecule has 0 aromatic heterocycles. The smallest absolute Gasteiger partial charge is 0.0848 e. The van der Waals surface area contributed by atoms with Crippen LogP contribution < -0.4 is 5.48 Å². The Morgan fingerprint density at radius 1 is 1.44 bits per heavy atom. The SMILES string of the molecule is C=CNOC(C)C(C)C. The van der Waals surface area contributed by atoms with E-state index in [-0.39, 0.29) is 6.10 Å². The molecule has 0 spiro atoms. The van der Waals surface area contributed by atoms with Gasteiger partial charge in [-0.1, -0.05) is 20.4 Å². The summed E-state index contributed by atoms with van der Waals surface area (Å²) in [7, 11) is 0. The summed E-state index contributed by atoms with van der Waals surface area (Å²) in [6.07, 6.45) is 1.77. The summed E-state index contributed by atoms with van der Waals surface area (Å²) in [5, 5.41) is 0. The molecule has 0 radical (unpaired) electrons. The second-order valence-corrected chi connectivity index (χ2v) is 2.39. The molecule has 0 aliphatic rings. The highest BCUT2D eigenvalue weighted by Crippen LogP contribution is 2.02. The maximum atomic E-state index is 5.08. The van der Waals surface area contributed by atoms with Gasteiger partial charge in [-0.2, -0.15) is 0 Å². The second-order valence-electron chi connectivity index (χ2n) is 2.39. The summed E-state index contributed by atoms with van der Waals surface area (Å²) in [6.45, 7) is 9.68. The van der Waals surface area contributed by atoms with Crippen molar-refractivity contribution in [3.05, 3.63) is 12.8 Å². The van der Waals surface area contributed by atoms with Crippen molar-refractivity contribution < 1.29 is 4.84 Å². The van der Waals surface area contributed by atoms with E-state index < -0.39 is 0 Å². The van der Waals surface area contributed by atoms with Crippen LogP contribution in [0.4, 0.5) is 0 Å². The van der Waals surface area contributed by atoms with E-state index >= 15 is 0 Å². The average Bonchev–Trinajstić information content (AvgIpc) is 1.82. The molecule has 1 atom stereocenters. The highest BCUT2D eigenvalue weighted by molar-refractivity contribution is 4.57. The summed E-state index contributed by atoms with van der Waals surface area (Å²) >= 11 is 0. The molecule has 0 fully saturated rings. The Morgan fingerprint density at radius 2 is 2.00 bits per heavy atom. The van der Waals surface area contributed by atoms with Crippen molar-refractivity contribution >= 4 is 0 Å². The molecule has 0 aliphatic carbocycles. The summed E-state index contributed by atoms with van der Waals surface area (Å²) in [5.41, 5.74) is 2.59. The lowest BCUT2D eigenvalue weighted by atomic mass is 10.1. The van der Waals surface area contributed by atoms with Crippen LogP contribution in [0.15, 0.2) is 12.8 Å². The summed E-state index contributed by atoms with van der Waals surface area (Å²) in [5.74, 6) is 0.539. The number of hydrogen-bond acceptors (Lipinski definition) is 2. The third-order valence-electron chi connectivity index (χ3n) is 1.28. The van der Waals surface area contributed by atoms with Crippen molar-refractivity contribution in [2.24, 2.45) is 5.92 Å². The molecular weight excluding hydrogens is 114 g/mol. The highest BCUT2D eigenvalue weighted by Gasteiger charge is 2.05. The number of hydrogen-bond donors (Lipinski definition) is 1. The normalized spacial score (nSPS) is 13.3. The number of hydroxylamine groups is 1. The van der Waals surface area contributed by atoms with Gasteiger partial charge in [-0.05, 0) is 12.8 Å². The third-order valence-corrected chi connectivity index (χ3v) is 1.28. The van der Waals surface area contributed by atoms with E-state index in [9.17, 15) is 0 Å². The molecule has 0 aromatic rings. The Bertz CT molecular complexity index is 81.0. The van der Waals surface area contributed by atoms with E-state index in [1.54, 1.807) is 0 Å². The Morgan fingerprint density at radius 3 is 2.33 bits per heavy atom. The molecule has 0 heterocycles. The zero-order chi connectivity index (χ0) is 7.28. The van der Waals surface area contributed by atoms with Gasteiger partial charge in [-0.25, -0.2) is 0 Å². The van der Waals surface area contributed by atoms with Gasteiger partial charge in [0, 0.05) is 6.20 Å². The summed E-state index contributed by atoms with van der Waals surface area (Å²) in [6, 6.07) is 0. The third kappa shape index (κ3) is 4.03. The van der Waals surface area contributed by atoms with Crippen LogP contribution in [0, 0.1) is 5.92 Å². The first-order chi connectivity index (χ1) is 4.18. The van der Waals surface area contributed by atoms with Crippen LogP contribution in [-0.4, -0.2) is 6.10 Å². The molecule has 2 heteroatoms. The quantitative estimate of drug-likeness (QED) is 0.583. The zero-order valence-corrected chi connectivity index (χ0v) is 6.35. The molecule has 1 unspecified atom stereocenters. The summed E-state index contributed by atoms with van der Waals surface area (Å²) in [4.78, 5) is 5.08. The fourth-order valence-electron chi connectivity index (χ4n) is 0.292. The molecule has 0 saturated heterocycles. The van der Waals surface area contributed by atoms with Crippen LogP contribution in [0.5, 0.6) is 0 Å². The molecule has 0 amide bonds. The molecule has 0 bridgehead atoms. The first kappa shape index (κ1) is 8.50. The lowest BCUT2D eigenvalue weighted by molar-refractivity contribution is -0.0151. The Hall–Kier alpha value is -0.500. The largest absolute Gasteiger partial charge is 0.275 e. The standard InChI is InChI=1S/C7H15NO/c1-5-8-9-7(4)6(2)3/h5-8H,1H2,2-4H3. The van der Waals surface area contributed by atoms with Crippen LogP contribution in [0.3, 0.4) is 0 Å². The van der Waals surface area contributed by atoms with Gasteiger partial charge in [0.2, 0.25) is 0 Å². The maximum absolute atomic E-state index is 5.08. The van der Waals surface area contributed by atoms with Crippen molar-refractivity contribution in [2.75, 3.05) is 0 Å². The predicted octanol–water partition coefficient (Wildman–Crippen LogP) is 1.70. The maximum Gasteiger partial charge on any atom is 0.0848 e. The Kier molecular flexibility index (Phi) is 4.14. The molecule has 0 saturated carbocycles. The van der Waals surface area contributed by atoms with Gasteiger partial charge in [0.25, 0.3) is 0 Å². The van der Waals surface area contributed by atoms with Gasteiger partial charge in [0.1, 0.15) is 0 Å². The van der Waals surface area contributed by atoms with Gasteiger partial charge in [0.15, 0.2) is 0 Å². The predicted molar refractivity (Wildman–Crippen MR) is 38.7 cm³/mol. The molecule has 2 nitrogen and oxygen atoms in total. The van der Waals surface area contributed by atoms with Crippen LogP contribution in [0.1, 0.15) is 20.8 Å². The Labute approximate surface area is 56.9 Å². The number of nitrogens with one attached hydrogen (secondary N) is 1. The van der Waals surface area contributed by atoms with Crippen molar-refractivity contribution in [3.63, 3.8) is 0 Å². The van der Waals surface area contributed by atoms with E-state index in [0.717, 1.165) is 0 Å². The van der Waals surface area contributed by atoms with E-state index in [1.807, 2.05) is 6.92 Å². The zero-order valence-electron chi connectivity index (χ0n) is 6.35. The van der Waals surface area contributed by atoms with E-state index in [2.05, 4.69) is 25.9 Å². The van der Waals surface area contributed by atoms with Crippen molar-refractivity contribution in [1.82, 2.24) is 5.48 Å². The molecule has 0 aliphatic heterocycles. The van der Waals surface area contributed by atoms with Crippen LogP contribution in [-0.2, 0) is 4.84 Å². The molecule has 1 N–H and O–H groups in total. The second kappa shape index (κ2) is 4.39. The summed E-state index contributed by atoms with van der Waals surface area (Å²) < 4.78 is 0. The first-order valence-corrected chi connectivity index (χ1v) is 3.20. The monoisotopic (exact) mass is 129 g/mol. The van der Waals surface area contributed by atoms with Crippen molar-refractivity contribution in [1.29, 1.82) is 0 Å². The van der Waals surface area contributed by atoms with Gasteiger partial charge in [-0.3, -0.25) is 10.3 Å². The van der Waals surface area contributed by atoms with E-state index in [4.69, 9.17) is 4.84 Å². The Balaban J connectivity index is 3.26. The van der Waals surface area contributed by atoms with Gasteiger partial charge in [-0.15, -0.1) is 0 Å². The fourth-order valence-corrected chi connectivity index (χ4v) is 0.292. The molecular formula is C7H15NO. The fraction of sp³-hybridized carbons (Fsp3) is 0.714. The molecule has 54 valence electrons. The van der Waals surface area contributed by atoms with Crippen molar-refractivity contribution in [2.45, 2.75) is 26.9 Å². The topological polar surface area (TPSA) is 21.3 Å². The van der Waals surface area contributed by atoms with Crippen molar-refractivity contribution in [3.8, 4) is 0 Å². The lowest BCUT2D eigenvalue weighted by Gasteiger charge is -2.14. The first-order valence-electron chi connectivity index (χ1n) is 3.20. The van der Waals surface area contributed by atoms with Crippen LogP contribution in [0.25, 0.3) is 0 Å². The van der Waals surface area contributed by atoms with Crippen LogP contribution in [0.2, 0.25) is 0 Å². The van der Waals surface area contributed by atoms with Gasteiger partial charge < -0.3 is 0 Å². The highest BCUT2D eigenvalue weighted by atomic mass is 16.7. The molecule has 0 rings (SSSR count). The lowest BCUT2D eigenvalue weighted by Crippen LogP contribution is -2.21. The minimum absolute atomic E-state index is 0.239. The minimum Gasteiger partial charge on any atom is -0.275 e.